The highest BCUT2D eigenvalue weighted by atomic mass is 16.6. The van der Waals surface area contributed by atoms with Crippen LogP contribution in [0.3, 0.4) is 0 Å². The molecule has 2 atom stereocenters. The van der Waals surface area contributed by atoms with E-state index in [4.69, 9.17) is 9.47 Å². The fraction of sp³-hybridized carbons (Fsp3) is 0.412. The third-order valence-corrected chi connectivity index (χ3v) is 3.61. The van der Waals surface area contributed by atoms with E-state index in [1.54, 1.807) is 38.1 Å². The second-order valence-corrected chi connectivity index (χ2v) is 5.04. The Hall–Kier alpha value is -2.70. The first-order valence-electron chi connectivity index (χ1n) is 7.60. The molecule has 1 aromatic rings. The van der Waals surface area contributed by atoms with E-state index in [1.165, 1.54) is 7.11 Å². The lowest BCUT2D eigenvalue weighted by atomic mass is 9.82. The van der Waals surface area contributed by atoms with Gasteiger partial charge in [-0.05, 0) is 31.0 Å². The molecule has 0 bridgehead atoms. The number of rotatable bonds is 9. The molecule has 0 saturated carbocycles. The summed E-state index contributed by atoms with van der Waals surface area (Å²) in [4.78, 5) is 34.0. The van der Waals surface area contributed by atoms with Gasteiger partial charge in [-0.2, -0.15) is 0 Å². The quantitative estimate of drug-likeness (QED) is 0.226. The number of ether oxygens (including phenoxy) is 2. The van der Waals surface area contributed by atoms with Crippen LogP contribution in [0.1, 0.15) is 31.7 Å². The van der Waals surface area contributed by atoms with E-state index >= 15 is 0 Å². The van der Waals surface area contributed by atoms with Crippen molar-refractivity contribution in [3.63, 3.8) is 0 Å². The van der Waals surface area contributed by atoms with E-state index in [0.717, 1.165) is 6.08 Å². The highest BCUT2D eigenvalue weighted by molar-refractivity contribution is 5.82. The number of hydrogen-bond acceptors (Lipinski definition) is 6. The van der Waals surface area contributed by atoms with Gasteiger partial charge in [0, 0.05) is 5.92 Å². The summed E-state index contributed by atoms with van der Waals surface area (Å²) in [6, 6.07) is 6.67. The van der Waals surface area contributed by atoms with Crippen molar-refractivity contribution >= 4 is 12.3 Å². The largest absolute Gasteiger partial charge is 0.497 e. The van der Waals surface area contributed by atoms with Crippen LogP contribution in [0.4, 0.5) is 0 Å². The molecule has 0 aliphatic carbocycles. The lowest BCUT2D eigenvalue weighted by Gasteiger charge is -2.20. The minimum atomic E-state index is -0.873. The lowest BCUT2D eigenvalue weighted by molar-refractivity contribution is -0.431. The van der Waals surface area contributed by atoms with Crippen molar-refractivity contribution in [2.24, 2.45) is 5.92 Å². The highest BCUT2D eigenvalue weighted by Crippen LogP contribution is 2.35. The molecule has 24 heavy (non-hydrogen) atoms. The first-order chi connectivity index (χ1) is 11.5. The van der Waals surface area contributed by atoms with Gasteiger partial charge in [0.2, 0.25) is 0 Å². The molecule has 0 aromatic heterocycles. The zero-order valence-electron chi connectivity index (χ0n) is 13.9. The molecule has 0 aliphatic heterocycles. The van der Waals surface area contributed by atoms with Crippen molar-refractivity contribution in [3.05, 3.63) is 51.7 Å². The van der Waals surface area contributed by atoms with Crippen molar-refractivity contribution in [2.75, 3.05) is 13.7 Å². The predicted molar refractivity (Wildman–Crippen MR) is 87.3 cm³/mol. The topological polar surface area (TPSA) is 95.7 Å². The average molecular weight is 335 g/mol. The minimum absolute atomic E-state index is 0.106. The molecule has 0 aliphatic rings. The number of carbonyl (C=O) groups excluding carboxylic acids is 2. The van der Waals surface area contributed by atoms with Crippen LogP contribution in [0.2, 0.25) is 0 Å². The van der Waals surface area contributed by atoms with Crippen LogP contribution in [0.5, 0.6) is 5.75 Å². The maximum atomic E-state index is 11.7. The Bertz CT molecular complexity index is 625. The molecule has 0 N–H and O–H groups in total. The standard InChI is InChI=1S/C17H21NO6/c1-4-12(11-19)17(13-7-6-8-14(9-13)23-3)15(18(21)22)10-16(20)24-5-2/h6-12,17H,4-5H2,1-3H3/b15-10-/t12-,17-/m0/s1. The van der Waals surface area contributed by atoms with E-state index in [9.17, 15) is 19.7 Å². The molecule has 1 rings (SSSR count). The summed E-state index contributed by atoms with van der Waals surface area (Å²) in [5, 5.41) is 11.5. The molecular formula is C17H21NO6. The number of benzene rings is 1. The number of nitrogens with zero attached hydrogens (tertiary/aromatic N) is 1. The van der Waals surface area contributed by atoms with Crippen molar-refractivity contribution < 1.29 is 24.0 Å². The predicted octanol–water partition coefficient (Wildman–Crippen LogP) is 2.73. The molecule has 7 nitrogen and oxygen atoms in total. The zero-order chi connectivity index (χ0) is 18.1. The van der Waals surface area contributed by atoms with Crippen LogP contribution in [-0.2, 0) is 14.3 Å². The molecule has 0 spiro atoms. The Morgan fingerprint density at radius 1 is 1.38 bits per heavy atom. The van der Waals surface area contributed by atoms with Gasteiger partial charge in [-0.3, -0.25) is 10.1 Å². The summed E-state index contributed by atoms with van der Waals surface area (Å²) >= 11 is 0. The Morgan fingerprint density at radius 2 is 2.08 bits per heavy atom. The SMILES string of the molecule is CCOC(=O)/C=C(/[C@H](c1cccc(OC)c1)[C@H](C=O)CC)[N+](=O)[O-]. The van der Waals surface area contributed by atoms with Gasteiger partial charge in [-0.25, -0.2) is 4.79 Å². The van der Waals surface area contributed by atoms with E-state index in [2.05, 4.69) is 0 Å². The maximum Gasteiger partial charge on any atom is 0.337 e. The smallest absolute Gasteiger partial charge is 0.337 e. The van der Waals surface area contributed by atoms with Crippen molar-refractivity contribution in [3.8, 4) is 5.75 Å². The number of aldehydes is 1. The molecule has 0 heterocycles. The molecule has 0 amide bonds. The van der Waals surface area contributed by atoms with Crippen molar-refractivity contribution in [2.45, 2.75) is 26.2 Å². The van der Waals surface area contributed by atoms with Crippen LogP contribution >= 0.6 is 0 Å². The summed E-state index contributed by atoms with van der Waals surface area (Å²) in [6.07, 6.45) is 1.91. The maximum absolute atomic E-state index is 11.7. The van der Waals surface area contributed by atoms with Crippen LogP contribution < -0.4 is 4.74 Å². The molecule has 130 valence electrons. The number of methoxy groups -OCH3 is 1. The number of carbonyl (C=O) groups is 2. The molecule has 0 saturated heterocycles. The minimum Gasteiger partial charge on any atom is -0.497 e. The Morgan fingerprint density at radius 3 is 2.58 bits per heavy atom. The number of nitro groups is 1. The average Bonchev–Trinajstić information content (AvgIpc) is 2.58. The Kier molecular flexibility index (Phi) is 7.61. The molecular weight excluding hydrogens is 314 g/mol. The first kappa shape index (κ1) is 19.3. The molecule has 1 aromatic carbocycles. The Labute approximate surface area is 140 Å². The molecule has 0 unspecified atom stereocenters. The van der Waals surface area contributed by atoms with E-state index in [1.807, 2.05) is 0 Å². The number of esters is 1. The van der Waals surface area contributed by atoms with Gasteiger partial charge in [-0.15, -0.1) is 0 Å². The van der Waals surface area contributed by atoms with Crippen LogP contribution in [0, 0.1) is 16.0 Å². The van der Waals surface area contributed by atoms with Gasteiger partial charge in [-0.1, -0.05) is 19.1 Å². The van der Waals surface area contributed by atoms with Gasteiger partial charge in [0.05, 0.1) is 30.6 Å². The Balaban J connectivity index is 3.45. The van der Waals surface area contributed by atoms with Gasteiger partial charge in [0.25, 0.3) is 5.70 Å². The van der Waals surface area contributed by atoms with Crippen molar-refractivity contribution in [1.82, 2.24) is 0 Å². The normalized spacial score (nSPS) is 13.7. The summed E-state index contributed by atoms with van der Waals surface area (Å²) in [5.74, 6) is -1.82. The van der Waals surface area contributed by atoms with E-state index in [-0.39, 0.29) is 12.3 Å². The summed E-state index contributed by atoms with van der Waals surface area (Å²) in [5.41, 5.74) is 0.154. The summed E-state index contributed by atoms with van der Waals surface area (Å²) in [7, 11) is 1.48. The molecule has 0 fully saturated rings. The number of hydrogen-bond donors (Lipinski definition) is 0. The van der Waals surface area contributed by atoms with Crippen LogP contribution in [0.15, 0.2) is 36.0 Å². The van der Waals surface area contributed by atoms with Crippen LogP contribution in [-0.4, -0.2) is 30.9 Å². The second-order valence-electron chi connectivity index (χ2n) is 5.04. The summed E-state index contributed by atoms with van der Waals surface area (Å²) in [6.45, 7) is 3.47. The van der Waals surface area contributed by atoms with Gasteiger partial charge < -0.3 is 14.3 Å². The van der Waals surface area contributed by atoms with Gasteiger partial charge >= 0.3 is 5.97 Å². The van der Waals surface area contributed by atoms with Crippen LogP contribution in [0.25, 0.3) is 0 Å². The van der Waals surface area contributed by atoms with Crippen molar-refractivity contribution in [1.29, 1.82) is 0 Å². The fourth-order valence-electron chi connectivity index (χ4n) is 2.44. The van der Waals surface area contributed by atoms with E-state index in [0.29, 0.717) is 24.0 Å². The zero-order valence-corrected chi connectivity index (χ0v) is 13.9. The van der Waals surface area contributed by atoms with Gasteiger partial charge in [0.1, 0.15) is 12.0 Å². The molecule has 0 radical (unpaired) electrons. The highest BCUT2D eigenvalue weighted by Gasteiger charge is 2.34. The number of allylic oxidation sites excluding steroid dienone is 1. The first-order valence-corrected chi connectivity index (χ1v) is 7.60. The van der Waals surface area contributed by atoms with Gasteiger partial charge in [0.15, 0.2) is 0 Å². The van der Waals surface area contributed by atoms with E-state index < -0.39 is 22.7 Å². The summed E-state index contributed by atoms with van der Waals surface area (Å²) < 4.78 is 9.91. The molecule has 7 heteroatoms. The monoisotopic (exact) mass is 335 g/mol. The second kappa shape index (κ2) is 9.44. The third-order valence-electron chi connectivity index (χ3n) is 3.61. The third kappa shape index (κ3) is 4.91. The fourth-order valence-corrected chi connectivity index (χ4v) is 2.44. The lowest BCUT2D eigenvalue weighted by Crippen LogP contribution is -2.22.